The molecule has 0 atom stereocenters. The third-order valence-electron chi connectivity index (χ3n) is 3.88. The lowest BCUT2D eigenvalue weighted by Crippen LogP contribution is -2.24. The van der Waals surface area contributed by atoms with Crippen molar-refractivity contribution in [2.24, 2.45) is 4.99 Å². The maximum Gasteiger partial charge on any atom is 0.107 e. The van der Waals surface area contributed by atoms with E-state index >= 15 is 0 Å². The van der Waals surface area contributed by atoms with Crippen LogP contribution in [0, 0.1) is 0 Å². The van der Waals surface area contributed by atoms with E-state index in [0.717, 1.165) is 42.0 Å². The first kappa shape index (κ1) is 14.9. The first-order valence-electron chi connectivity index (χ1n) is 7.57. The lowest BCUT2D eigenvalue weighted by atomic mass is 10.0. The number of aryl methyl sites for hydroxylation is 2. The van der Waals surface area contributed by atoms with Gasteiger partial charge in [0.25, 0.3) is 0 Å². The van der Waals surface area contributed by atoms with Crippen LogP contribution in [0.2, 0.25) is 5.02 Å². The fourth-order valence-corrected chi connectivity index (χ4v) is 2.82. The fraction of sp³-hybridized carbons (Fsp3) is 0.211. The Morgan fingerprint density at radius 3 is 2.73 bits per heavy atom. The Morgan fingerprint density at radius 1 is 1.09 bits per heavy atom. The van der Waals surface area contributed by atoms with Crippen LogP contribution >= 0.6 is 11.6 Å². The minimum Gasteiger partial charge on any atom is -0.344 e. The molecule has 1 N–H and O–H groups in total. The van der Waals surface area contributed by atoms with Crippen molar-refractivity contribution >= 4 is 28.8 Å². The molecular formula is C19H19ClN2. The molecule has 0 aromatic heterocycles. The van der Waals surface area contributed by atoms with E-state index in [1.165, 1.54) is 11.1 Å². The van der Waals surface area contributed by atoms with Gasteiger partial charge in [0, 0.05) is 22.7 Å². The molecule has 0 saturated heterocycles. The van der Waals surface area contributed by atoms with Crippen LogP contribution in [0.5, 0.6) is 0 Å². The van der Waals surface area contributed by atoms with Crippen LogP contribution in [-0.4, -0.2) is 5.84 Å². The summed E-state index contributed by atoms with van der Waals surface area (Å²) in [7, 11) is 0. The second-order valence-corrected chi connectivity index (χ2v) is 5.93. The zero-order valence-corrected chi connectivity index (χ0v) is 13.5. The van der Waals surface area contributed by atoms with E-state index in [2.05, 4.69) is 48.1 Å². The Kier molecular flexibility index (Phi) is 4.30. The number of hydrogen-bond donors (Lipinski definition) is 1. The lowest BCUT2D eigenvalue weighted by Gasteiger charge is -2.20. The summed E-state index contributed by atoms with van der Waals surface area (Å²) in [5.74, 6) is 0.960. The summed E-state index contributed by atoms with van der Waals surface area (Å²) in [6, 6.07) is 14.4. The predicted octanol–water partition coefficient (Wildman–Crippen LogP) is 5.14. The zero-order valence-electron chi connectivity index (χ0n) is 12.7. The molecule has 0 saturated carbocycles. The highest BCUT2D eigenvalue weighted by Gasteiger charge is 2.15. The van der Waals surface area contributed by atoms with Gasteiger partial charge in [0.15, 0.2) is 0 Å². The maximum absolute atomic E-state index is 6.03. The van der Waals surface area contributed by atoms with Crippen LogP contribution in [0.1, 0.15) is 30.0 Å². The van der Waals surface area contributed by atoms with Crippen molar-refractivity contribution in [2.45, 2.75) is 26.2 Å². The third-order valence-corrected chi connectivity index (χ3v) is 4.12. The standard InChI is InChI=1S/C19H19ClN2/c1-3-14-5-4-6-15(11-14)7-10-19-21-13(2)17-12-16(20)8-9-18(17)22-19/h4-6,8-9,11-12H,2-3,7,10H2,1H3,(H,21,22). The Morgan fingerprint density at radius 2 is 1.91 bits per heavy atom. The van der Waals surface area contributed by atoms with Crippen LogP contribution < -0.4 is 5.32 Å². The topological polar surface area (TPSA) is 24.4 Å². The number of benzene rings is 2. The van der Waals surface area contributed by atoms with Crippen molar-refractivity contribution in [2.75, 3.05) is 0 Å². The highest BCUT2D eigenvalue weighted by molar-refractivity contribution is 6.31. The van der Waals surface area contributed by atoms with E-state index in [-0.39, 0.29) is 0 Å². The summed E-state index contributed by atoms with van der Waals surface area (Å²) < 4.78 is 0. The van der Waals surface area contributed by atoms with Gasteiger partial charge in [0.2, 0.25) is 0 Å². The third kappa shape index (κ3) is 3.23. The highest BCUT2D eigenvalue weighted by atomic mass is 35.5. The molecule has 0 radical (unpaired) electrons. The molecule has 1 aliphatic rings. The number of halogens is 1. The predicted molar refractivity (Wildman–Crippen MR) is 94.9 cm³/mol. The Bertz CT molecular complexity index is 747. The van der Waals surface area contributed by atoms with Gasteiger partial charge >= 0.3 is 0 Å². The SMILES string of the molecule is C=C1NC(CCc2cccc(CC)c2)=Nc2ccc(Cl)cc21. The summed E-state index contributed by atoms with van der Waals surface area (Å²) >= 11 is 6.03. The van der Waals surface area contributed by atoms with Crippen LogP contribution in [-0.2, 0) is 12.8 Å². The van der Waals surface area contributed by atoms with Gasteiger partial charge in [-0.2, -0.15) is 0 Å². The molecule has 3 heteroatoms. The smallest absolute Gasteiger partial charge is 0.107 e. The Hall–Kier alpha value is -2.06. The van der Waals surface area contributed by atoms with Gasteiger partial charge in [-0.05, 0) is 42.2 Å². The van der Waals surface area contributed by atoms with Crippen molar-refractivity contribution in [1.82, 2.24) is 5.32 Å². The van der Waals surface area contributed by atoms with Gasteiger partial charge < -0.3 is 5.32 Å². The average Bonchev–Trinajstić information content (AvgIpc) is 2.54. The van der Waals surface area contributed by atoms with E-state index in [1.54, 1.807) is 0 Å². The van der Waals surface area contributed by atoms with E-state index in [9.17, 15) is 0 Å². The molecule has 112 valence electrons. The van der Waals surface area contributed by atoms with Crippen LogP contribution in [0.25, 0.3) is 5.70 Å². The number of amidine groups is 1. The van der Waals surface area contributed by atoms with Gasteiger partial charge in [-0.1, -0.05) is 49.4 Å². The van der Waals surface area contributed by atoms with Gasteiger partial charge in [0.1, 0.15) is 5.84 Å². The minimum atomic E-state index is 0.705. The van der Waals surface area contributed by atoms with Gasteiger partial charge in [-0.25, -0.2) is 4.99 Å². The lowest BCUT2D eigenvalue weighted by molar-refractivity contribution is 0.984. The average molecular weight is 311 g/mol. The molecule has 0 spiro atoms. The zero-order chi connectivity index (χ0) is 15.5. The first-order chi connectivity index (χ1) is 10.7. The summed E-state index contributed by atoms with van der Waals surface area (Å²) in [5, 5.41) is 4.00. The van der Waals surface area contributed by atoms with Gasteiger partial charge in [-0.3, -0.25) is 0 Å². The van der Waals surface area contributed by atoms with Crippen LogP contribution in [0.3, 0.4) is 0 Å². The Balaban J connectivity index is 1.76. The molecule has 22 heavy (non-hydrogen) atoms. The van der Waals surface area contributed by atoms with Crippen molar-refractivity contribution in [3.63, 3.8) is 0 Å². The second-order valence-electron chi connectivity index (χ2n) is 5.50. The summed E-state index contributed by atoms with van der Waals surface area (Å²) in [5.41, 5.74) is 5.50. The van der Waals surface area contributed by atoms with Crippen molar-refractivity contribution in [3.05, 3.63) is 70.8 Å². The molecule has 0 amide bonds. The molecule has 3 rings (SSSR count). The van der Waals surface area contributed by atoms with Crippen LogP contribution in [0.15, 0.2) is 54.0 Å². The monoisotopic (exact) mass is 310 g/mol. The normalized spacial score (nSPS) is 13.4. The molecule has 2 aromatic carbocycles. The molecule has 0 aliphatic carbocycles. The quantitative estimate of drug-likeness (QED) is 0.831. The maximum atomic E-state index is 6.03. The molecule has 1 aliphatic heterocycles. The summed E-state index contributed by atoms with van der Waals surface area (Å²) in [4.78, 5) is 4.68. The van der Waals surface area contributed by atoms with E-state index in [0.29, 0.717) is 5.02 Å². The number of nitrogens with one attached hydrogen (secondary N) is 1. The summed E-state index contributed by atoms with van der Waals surface area (Å²) in [6.07, 6.45) is 2.90. The fourth-order valence-electron chi connectivity index (χ4n) is 2.65. The number of aliphatic imine (C=N–C) groups is 1. The molecular weight excluding hydrogens is 292 g/mol. The molecule has 2 nitrogen and oxygen atoms in total. The molecule has 0 bridgehead atoms. The summed E-state index contributed by atoms with van der Waals surface area (Å²) in [6.45, 7) is 6.26. The molecule has 0 fully saturated rings. The van der Waals surface area contributed by atoms with E-state index in [4.69, 9.17) is 11.6 Å². The molecule has 2 aromatic rings. The van der Waals surface area contributed by atoms with Gasteiger partial charge in [0.05, 0.1) is 5.69 Å². The minimum absolute atomic E-state index is 0.705. The number of fused-ring (bicyclic) bond motifs is 1. The van der Waals surface area contributed by atoms with Crippen LogP contribution in [0.4, 0.5) is 5.69 Å². The number of rotatable bonds is 4. The first-order valence-corrected chi connectivity index (χ1v) is 7.94. The molecule has 0 unspecified atom stereocenters. The second kappa shape index (κ2) is 6.37. The largest absolute Gasteiger partial charge is 0.344 e. The number of hydrogen-bond acceptors (Lipinski definition) is 2. The van der Waals surface area contributed by atoms with Crippen molar-refractivity contribution in [3.8, 4) is 0 Å². The van der Waals surface area contributed by atoms with E-state index in [1.807, 2.05) is 18.2 Å². The van der Waals surface area contributed by atoms with Crippen molar-refractivity contribution in [1.29, 1.82) is 0 Å². The van der Waals surface area contributed by atoms with Gasteiger partial charge in [-0.15, -0.1) is 0 Å². The Labute approximate surface area is 136 Å². The molecule has 1 heterocycles. The van der Waals surface area contributed by atoms with Crippen molar-refractivity contribution < 1.29 is 0 Å². The highest BCUT2D eigenvalue weighted by Crippen LogP contribution is 2.30. The number of nitrogens with zero attached hydrogens (tertiary/aromatic N) is 1. The van der Waals surface area contributed by atoms with E-state index < -0.39 is 0 Å².